The number of amides is 1. The average Bonchev–Trinajstić information content (AvgIpc) is 2.66. The van der Waals surface area contributed by atoms with Crippen LogP contribution in [0.2, 0.25) is 0 Å². The summed E-state index contributed by atoms with van der Waals surface area (Å²) < 4.78 is 1.98. The summed E-state index contributed by atoms with van der Waals surface area (Å²) in [6.07, 6.45) is 1.94. The van der Waals surface area contributed by atoms with E-state index >= 15 is 0 Å². The van der Waals surface area contributed by atoms with E-state index in [1.165, 1.54) is 0 Å². The maximum absolute atomic E-state index is 11.5. The Morgan fingerprint density at radius 2 is 2.19 bits per heavy atom. The Hall–Kier alpha value is -1.29. The van der Waals surface area contributed by atoms with Crippen molar-refractivity contribution in [3.8, 4) is 0 Å². The van der Waals surface area contributed by atoms with Gasteiger partial charge in [0, 0.05) is 24.5 Å². The van der Waals surface area contributed by atoms with Crippen LogP contribution in [0.5, 0.6) is 0 Å². The van der Waals surface area contributed by atoms with Crippen molar-refractivity contribution in [3.63, 3.8) is 0 Å². The zero-order chi connectivity index (χ0) is 12.0. The second kappa shape index (κ2) is 6.33. The molecule has 0 bridgehead atoms. The first-order chi connectivity index (χ1) is 7.69. The summed E-state index contributed by atoms with van der Waals surface area (Å²) in [5, 5.41) is 6.14. The Labute approximate surface area is 97.0 Å². The van der Waals surface area contributed by atoms with E-state index in [2.05, 4.69) is 24.5 Å². The summed E-state index contributed by atoms with van der Waals surface area (Å²) in [7, 11) is 0. The molecule has 0 aliphatic heterocycles. The fourth-order valence-electron chi connectivity index (χ4n) is 1.78. The van der Waals surface area contributed by atoms with Crippen molar-refractivity contribution < 1.29 is 4.79 Å². The van der Waals surface area contributed by atoms with Crippen molar-refractivity contribution in [1.82, 2.24) is 15.2 Å². The first-order valence-electron chi connectivity index (χ1n) is 5.84. The third-order valence-corrected chi connectivity index (χ3v) is 2.51. The second-order valence-electron chi connectivity index (χ2n) is 3.79. The molecule has 1 heterocycles. The van der Waals surface area contributed by atoms with Crippen molar-refractivity contribution in [1.29, 1.82) is 0 Å². The lowest BCUT2D eigenvalue weighted by Gasteiger charge is -2.15. The van der Waals surface area contributed by atoms with Gasteiger partial charge in [-0.2, -0.15) is 0 Å². The van der Waals surface area contributed by atoms with Gasteiger partial charge in [-0.3, -0.25) is 4.79 Å². The summed E-state index contributed by atoms with van der Waals surface area (Å²) in [5.41, 5.74) is 1.15. The Morgan fingerprint density at radius 3 is 2.81 bits per heavy atom. The summed E-state index contributed by atoms with van der Waals surface area (Å²) in [6.45, 7) is 8.11. The van der Waals surface area contributed by atoms with Crippen LogP contribution in [0.4, 0.5) is 0 Å². The molecule has 4 nitrogen and oxygen atoms in total. The number of hydrogen-bond acceptors (Lipinski definition) is 2. The van der Waals surface area contributed by atoms with E-state index in [1.54, 1.807) is 0 Å². The Kier molecular flexibility index (Phi) is 5.05. The summed E-state index contributed by atoms with van der Waals surface area (Å²) >= 11 is 0. The number of likely N-dealkylation sites (N-methyl/N-ethyl adjacent to an activating group) is 1. The fraction of sp³-hybridized carbons (Fsp3) is 0.583. The van der Waals surface area contributed by atoms with Gasteiger partial charge in [0.15, 0.2) is 0 Å². The molecule has 0 saturated carbocycles. The number of aromatic nitrogens is 1. The molecule has 1 rings (SSSR count). The highest BCUT2D eigenvalue weighted by molar-refractivity contribution is 5.75. The highest BCUT2D eigenvalue weighted by atomic mass is 16.1. The molecule has 0 saturated heterocycles. The van der Waals surface area contributed by atoms with Crippen LogP contribution in [0.15, 0.2) is 18.3 Å². The number of nitrogens with zero attached hydrogens (tertiary/aromatic N) is 1. The molecule has 0 aliphatic rings. The summed E-state index contributed by atoms with van der Waals surface area (Å²) in [4.78, 5) is 11.5. The highest BCUT2D eigenvalue weighted by Gasteiger charge is 2.10. The van der Waals surface area contributed by atoms with E-state index < -0.39 is 0 Å². The maximum Gasteiger partial charge on any atom is 0.239 e. The van der Waals surface area contributed by atoms with Crippen molar-refractivity contribution in [3.05, 3.63) is 24.0 Å². The maximum atomic E-state index is 11.5. The zero-order valence-corrected chi connectivity index (χ0v) is 10.3. The van der Waals surface area contributed by atoms with Gasteiger partial charge in [0.05, 0.1) is 0 Å². The largest absolute Gasteiger partial charge is 0.355 e. The lowest BCUT2D eigenvalue weighted by atomic mass is 10.2. The van der Waals surface area contributed by atoms with E-state index in [0.29, 0.717) is 13.1 Å². The number of carbonyl (C=O) groups is 1. The lowest BCUT2D eigenvalue weighted by Crippen LogP contribution is -2.29. The predicted molar refractivity (Wildman–Crippen MR) is 65.2 cm³/mol. The predicted octanol–water partition coefficient (Wildman–Crippen LogP) is 1.29. The molecule has 0 aliphatic carbocycles. The van der Waals surface area contributed by atoms with Crippen LogP contribution in [0.1, 0.15) is 32.5 Å². The van der Waals surface area contributed by atoms with Gasteiger partial charge in [-0.15, -0.1) is 0 Å². The minimum atomic E-state index is 0.0589. The van der Waals surface area contributed by atoms with Crippen LogP contribution in [0, 0.1) is 0 Å². The van der Waals surface area contributed by atoms with Gasteiger partial charge in [-0.05, 0) is 32.5 Å². The minimum Gasteiger partial charge on any atom is -0.355 e. The Bertz CT molecular complexity index is 333. The normalized spacial score (nSPS) is 12.4. The van der Waals surface area contributed by atoms with Crippen molar-refractivity contribution in [2.75, 3.05) is 13.1 Å². The number of carbonyl (C=O) groups excluding carboxylic acids is 1. The SMILES string of the molecule is CCNC(=O)Cn1cccc1C(C)NCC. The molecule has 16 heavy (non-hydrogen) atoms. The van der Waals surface area contributed by atoms with Gasteiger partial charge in [-0.25, -0.2) is 0 Å². The third kappa shape index (κ3) is 3.38. The molecule has 1 amide bonds. The molecule has 1 aromatic rings. The standard InChI is InChI=1S/C12H21N3O/c1-4-13-10(3)11-7-6-8-15(11)9-12(16)14-5-2/h6-8,10,13H,4-5,9H2,1-3H3,(H,14,16). The first kappa shape index (κ1) is 12.8. The summed E-state index contributed by atoms with van der Waals surface area (Å²) in [6, 6.07) is 4.30. The van der Waals surface area contributed by atoms with E-state index in [-0.39, 0.29) is 11.9 Å². The minimum absolute atomic E-state index is 0.0589. The molecule has 0 fully saturated rings. The topological polar surface area (TPSA) is 46.1 Å². The lowest BCUT2D eigenvalue weighted by molar-refractivity contribution is -0.121. The Balaban J connectivity index is 2.66. The summed E-state index contributed by atoms with van der Waals surface area (Å²) in [5.74, 6) is 0.0589. The molecule has 90 valence electrons. The monoisotopic (exact) mass is 223 g/mol. The highest BCUT2D eigenvalue weighted by Crippen LogP contribution is 2.12. The average molecular weight is 223 g/mol. The van der Waals surface area contributed by atoms with Crippen molar-refractivity contribution >= 4 is 5.91 Å². The van der Waals surface area contributed by atoms with E-state index in [4.69, 9.17) is 0 Å². The van der Waals surface area contributed by atoms with Gasteiger partial charge in [0.1, 0.15) is 6.54 Å². The molecule has 1 unspecified atom stereocenters. The van der Waals surface area contributed by atoms with Gasteiger partial charge >= 0.3 is 0 Å². The van der Waals surface area contributed by atoms with Gasteiger partial charge in [0.2, 0.25) is 5.91 Å². The van der Waals surface area contributed by atoms with Gasteiger partial charge in [0.25, 0.3) is 0 Å². The smallest absolute Gasteiger partial charge is 0.239 e. The number of rotatable bonds is 6. The van der Waals surface area contributed by atoms with Gasteiger partial charge in [-0.1, -0.05) is 6.92 Å². The molecule has 0 radical (unpaired) electrons. The van der Waals surface area contributed by atoms with Crippen LogP contribution in [0.25, 0.3) is 0 Å². The van der Waals surface area contributed by atoms with Crippen LogP contribution < -0.4 is 10.6 Å². The van der Waals surface area contributed by atoms with Crippen molar-refractivity contribution in [2.24, 2.45) is 0 Å². The molecule has 4 heteroatoms. The second-order valence-corrected chi connectivity index (χ2v) is 3.79. The third-order valence-electron chi connectivity index (χ3n) is 2.51. The quantitative estimate of drug-likeness (QED) is 0.763. The van der Waals surface area contributed by atoms with Crippen LogP contribution in [0.3, 0.4) is 0 Å². The molecule has 0 spiro atoms. The first-order valence-corrected chi connectivity index (χ1v) is 5.84. The fourth-order valence-corrected chi connectivity index (χ4v) is 1.78. The zero-order valence-electron chi connectivity index (χ0n) is 10.3. The van der Waals surface area contributed by atoms with Crippen LogP contribution in [-0.4, -0.2) is 23.6 Å². The number of nitrogens with one attached hydrogen (secondary N) is 2. The molecular weight excluding hydrogens is 202 g/mol. The number of hydrogen-bond donors (Lipinski definition) is 2. The van der Waals surface area contributed by atoms with Crippen LogP contribution in [-0.2, 0) is 11.3 Å². The van der Waals surface area contributed by atoms with E-state index in [0.717, 1.165) is 12.2 Å². The molecular formula is C12H21N3O. The molecule has 0 aromatic carbocycles. The molecule has 1 atom stereocenters. The molecule has 2 N–H and O–H groups in total. The van der Waals surface area contributed by atoms with E-state index in [1.807, 2.05) is 29.8 Å². The van der Waals surface area contributed by atoms with Gasteiger partial charge < -0.3 is 15.2 Å². The molecule has 1 aromatic heterocycles. The van der Waals surface area contributed by atoms with Crippen molar-refractivity contribution in [2.45, 2.75) is 33.4 Å². The van der Waals surface area contributed by atoms with Crippen LogP contribution >= 0.6 is 0 Å². The Morgan fingerprint density at radius 1 is 1.44 bits per heavy atom. The van der Waals surface area contributed by atoms with E-state index in [9.17, 15) is 4.79 Å².